The number of anilines is 1. The maximum Gasteiger partial charge on any atom is 0.182 e. The fourth-order valence-electron chi connectivity index (χ4n) is 1.59. The molecule has 1 aromatic heterocycles. The number of piperazine rings is 1. The molecular weight excluding hydrogens is 196 g/mol. The summed E-state index contributed by atoms with van der Waals surface area (Å²) >= 11 is 1.67. The number of aromatic nitrogens is 1. The summed E-state index contributed by atoms with van der Waals surface area (Å²) in [6.45, 7) is 5.45. The molecule has 0 unspecified atom stereocenters. The Morgan fingerprint density at radius 3 is 3.00 bits per heavy atom. The Morgan fingerprint density at radius 1 is 1.57 bits per heavy atom. The molecule has 0 bridgehead atoms. The van der Waals surface area contributed by atoms with E-state index in [1.54, 1.807) is 11.3 Å². The summed E-state index contributed by atoms with van der Waals surface area (Å²) in [5, 5.41) is 9.55. The molecule has 0 atom stereocenters. The van der Waals surface area contributed by atoms with Crippen molar-refractivity contribution in [1.29, 1.82) is 0 Å². The Labute approximate surface area is 88.3 Å². The molecule has 0 saturated carbocycles. The zero-order valence-corrected chi connectivity index (χ0v) is 9.23. The number of nitrogens with zero attached hydrogens (tertiary/aromatic N) is 2. The Kier molecular flexibility index (Phi) is 3.34. The van der Waals surface area contributed by atoms with Gasteiger partial charge >= 0.3 is 0 Å². The monoisotopic (exact) mass is 212 g/mol. The highest BCUT2D eigenvalue weighted by Crippen LogP contribution is 2.15. The van der Waals surface area contributed by atoms with Crippen molar-refractivity contribution in [1.82, 2.24) is 15.2 Å². The van der Waals surface area contributed by atoms with Gasteiger partial charge in [-0.2, -0.15) is 0 Å². The van der Waals surface area contributed by atoms with E-state index in [1.165, 1.54) is 5.69 Å². The highest BCUT2D eigenvalue weighted by molar-refractivity contribution is 7.13. The summed E-state index contributed by atoms with van der Waals surface area (Å²) in [5.74, 6) is 0. The van der Waals surface area contributed by atoms with Gasteiger partial charge in [-0.3, -0.25) is 4.90 Å². The Morgan fingerprint density at radius 2 is 2.36 bits per heavy atom. The Balaban J connectivity index is 1.89. The SMILES string of the molecule is CNc1nc(CN2CCNCC2)cs1. The number of hydrogen-bond donors (Lipinski definition) is 2. The molecule has 2 heterocycles. The third-order valence-corrected chi connectivity index (χ3v) is 3.27. The lowest BCUT2D eigenvalue weighted by Gasteiger charge is -2.26. The highest BCUT2D eigenvalue weighted by atomic mass is 32.1. The molecule has 0 aliphatic carbocycles. The molecule has 0 aromatic carbocycles. The molecule has 14 heavy (non-hydrogen) atoms. The van der Waals surface area contributed by atoms with Gasteiger partial charge in [0.2, 0.25) is 0 Å². The van der Waals surface area contributed by atoms with Crippen molar-refractivity contribution in [2.24, 2.45) is 0 Å². The van der Waals surface area contributed by atoms with Gasteiger partial charge in [-0.1, -0.05) is 0 Å². The Bertz CT molecular complexity index is 280. The van der Waals surface area contributed by atoms with Crippen LogP contribution >= 0.6 is 11.3 Å². The van der Waals surface area contributed by atoms with Gasteiger partial charge in [0.1, 0.15) is 0 Å². The van der Waals surface area contributed by atoms with E-state index in [2.05, 4.69) is 25.9 Å². The van der Waals surface area contributed by atoms with E-state index in [-0.39, 0.29) is 0 Å². The Hall–Kier alpha value is -0.650. The van der Waals surface area contributed by atoms with Crippen LogP contribution < -0.4 is 10.6 Å². The molecular formula is C9H16N4S. The van der Waals surface area contributed by atoms with E-state index in [9.17, 15) is 0 Å². The molecule has 0 radical (unpaired) electrons. The summed E-state index contributed by atoms with van der Waals surface area (Å²) < 4.78 is 0. The van der Waals surface area contributed by atoms with E-state index < -0.39 is 0 Å². The molecule has 1 aliphatic heterocycles. The van der Waals surface area contributed by atoms with Crippen LogP contribution in [-0.2, 0) is 6.54 Å². The first-order valence-corrected chi connectivity index (χ1v) is 5.81. The van der Waals surface area contributed by atoms with Crippen molar-refractivity contribution in [3.05, 3.63) is 11.1 Å². The fraction of sp³-hybridized carbons (Fsp3) is 0.667. The third-order valence-electron chi connectivity index (χ3n) is 2.36. The first kappa shape index (κ1) is 9.89. The van der Waals surface area contributed by atoms with Gasteiger partial charge in [-0.05, 0) is 0 Å². The number of hydrogen-bond acceptors (Lipinski definition) is 5. The average molecular weight is 212 g/mol. The second kappa shape index (κ2) is 4.72. The molecule has 2 rings (SSSR count). The fourth-order valence-corrected chi connectivity index (χ4v) is 2.26. The van der Waals surface area contributed by atoms with Gasteiger partial charge in [0.25, 0.3) is 0 Å². The molecule has 1 aliphatic rings. The van der Waals surface area contributed by atoms with Crippen LogP contribution in [0.15, 0.2) is 5.38 Å². The number of nitrogens with one attached hydrogen (secondary N) is 2. The first-order valence-electron chi connectivity index (χ1n) is 4.94. The summed E-state index contributed by atoms with van der Waals surface area (Å²) in [6.07, 6.45) is 0. The van der Waals surface area contributed by atoms with Gasteiger partial charge in [-0.25, -0.2) is 4.98 Å². The zero-order valence-electron chi connectivity index (χ0n) is 8.42. The van der Waals surface area contributed by atoms with Crippen LogP contribution in [0.25, 0.3) is 0 Å². The smallest absolute Gasteiger partial charge is 0.182 e. The second-order valence-electron chi connectivity index (χ2n) is 3.42. The lowest BCUT2D eigenvalue weighted by atomic mass is 10.3. The minimum absolute atomic E-state index is 0.986. The van der Waals surface area contributed by atoms with Crippen molar-refractivity contribution in [2.75, 3.05) is 38.5 Å². The summed E-state index contributed by atoms with van der Waals surface area (Å²) in [4.78, 5) is 6.90. The van der Waals surface area contributed by atoms with Gasteiger partial charge in [-0.15, -0.1) is 11.3 Å². The van der Waals surface area contributed by atoms with Crippen LogP contribution in [0.2, 0.25) is 0 Å². The largest absolute Gasteiger partial charge is 0.365 e. The topological polar surface area (TPSA) is 40.2 Å². The molecule has 78 valence electrons. The van der Waals surface area contributed by atoms with Crippen LogP contribution in [0.4, 0.5) is 5.13 Å². The van der Waals surface area contributed by atoms with Gasteiger partial charge < -0.3 is 10.6 Å². The quantitative estimate of drug-likeness (QED) is 0.769. The number of rotatable bonds is 3. The minimum Gasteiger partial charge on any atom is -0.365 e. The van der Waals surface area contributed by atoms with Crippen LogP contribution in [0, 0.1) is 0 Å². The van der Waals surface area contributed by atoms with E-state index >= 15 is 0 Å². The molecule has 1 fully saturated rings. The second-order valence-corrected chi connectivity index (χ2v) is 4.28. The van der Waals surface area contributed by atoms with Crippen molar-refractivity contribution in [2.45, 2.75) is 6.54 Å². The molecule has 1 saturated heterocycles. The van der Waals surface area contributed by atoms with Crippen molar-refractivity contribution in [3.63, 3.8) is 0 Å². The third kappa shape index (κ3) is 2.43. The lowest BCUT2D eigenvalue weighted by molar-refractivity contribution is 0.231. The van der Waals surface area contributed by atoms with Crippen LogP contribution in [-0.4, -0.2) is 43.1 Å². The molecule has 1 aromatic rings. The predicted molar refractivity (Wildman–Crippen MR) is 59.8 cm³/mol. The molecule has 0 spiro atoms. The maximum atomic E-state index is 4.47. The van der Waals surface area contributed by atoms with Crippen LogP contribution in [0.1, 0.15) is 5.69 Å². The van der Waals surface area contributed by atoms with E-state index in [4.69, 9.17) is 0 Å². The molecule has 2 N–H and O–H groups in total. The van der Waals surface area contributed by atoms with Crippen LogP contribution in [0.3, 0.4) is 0 Å². The summed E-state index contributed by atoms with van der Waals surface area (Å²) in [6, 6.07) is 0. The standard InChI is InChI=1S/C9H16N4S/c1-10-9-12-8(7-14-9)6-13-4-2-11-3-5-13/h7,11H,2-6H2,1H3,(H,10,12). The maximum absolute atomic E-state index is 4.47. The first-order chi connectivity index (χ1) is 6.88. The van der Waals surface area contributed by atoms with Crippen molar-refractivity contribution < 1.29 is 0 Å². The summed E-state index contributed by atoms with van der Waals surface area (Å²) in [5.41, 5.74) is 1.18. The number of thiazole rings is 1. The lowest BCUT2D eigenvalue weighted by Crippen LogP contribution is -2.42. The minimum atomic E-state index is 0.986. The van der Waals surface area contributed by atoms with Gasteiger partial charge in [0, 0.05) is 45.2 Å². The van der Waals surface area contributed by atoms with E-state index in [0.717, 1.165) is 37.9 Å². The zero-order chi connectivity index (χ0) is 9.80. The van der Waals surface area contributed by atoms with Crippen molar-refractivity contribution >= 4 is 16.5 Å². The average Bonchev–Trinajstić information content (AvgIpc) is 2.67. The van der Waals surface area contributed by atoms with Crippen molar-refractivity contribution in [3.8, 4) is 0 Å². The van der Waals surface area contributed by atoms with Gasteiger partial charge in [0.05, 0.1) is 5.69 Å². The molecule has 4 nitrogen and oxygen atoms in total. The predicted octanol–water partition coefficient (Wildman–Crippen LogP) is 0.590. The van der Waals surface area contributed by atoms with Crippen LogP contribution in [0.5, 0.6) is 0 Å². The van der Waals surface area contributed by atoms with E-state index in [1.807, 2.05) is 7.05 Å². The van der Waals surface area contributed by atoms with E-state index in [0.29, 0.717) is 0 Å². The highest BCUT2D eigenvalue weighted by Gasteiger charge is 2.11. The molecule has 0 amide bonds. The normalized spacial score (nSPS) is 18.4. The molecule has 5 heteroatoms. The van der Waals surface area contributed by atoms with Gasteiger partial charge in [0.15, 0.2) is 5.13 Å². The summed E-state index contributed by atoms with van der Waals surface area (Å²) in [7, 11) is 1.91.